The summed E-state index contributed by atoms with van der Waals surface area (Å²) in [7, 11) is 3.16. The summed E-state index contributed by atoms with van der Waals surface area (Å²) < 4.78 is 12.6. The summed E-state index contributed by atoms with van der Waals surface area (Å²) in [5.74, 6) is 1.04. The van der Waals surface area contributed by atoms with Crippen LogP contribution in [-0.4, -0.2) is 24.7 Å². The van der Waals surface area contributed by atoms with Gasteiger partial charge >= 0.3 is 0 Å². The fraction of sp³-hybridized carbons (Fsp3) is 0.261. The van der Waals surface area contributed by atoms with Crippen molar-refractivity contribution in [3.8, 4) is 11.5 Å². The molecule has 0 saturated heterocycles. The maximum absolute atomic E-state index is 13.1. The van der Waals surface area contributed by atoms with E-state index in [1.807, 2.05) is 19.9 Å². The zero-order valence-corrected chi connectivity index (χ0v) is 17.0. The summed E-state index contributed by atoms with van der Waals surface area (Å²) in [6, 6.07) is 15.7. The highest BCUT2D eigenvalue weighted by molar-refractivity contribution is 6.04. The molecule has 0 saturated carbocycles. The average Bonchev–Trinajstić information content (AvgIpc) is 2.96. The number of carbonyl (C=O) groups is 1. The number of nitrogens with zero attached hydrogens (tertiary/aromatic N) is 1. The van der Waals surface area contributed by atoms with E-state index >= 15 is 0 Å². The number of amides is 1. The Morgan fingerprint density at radius 3 is 2.25 bits per heavy atom. The Bertz CT molecular complexity index is 988. The molecule has 5 heteroatoms. The smallest absolute Gasteiger partial charge is 0.272 e. The molecule has 5 nitrogen and oxygen atoms in total. The maximum Gasteiger partial charge on any atom is 0.272 e. The average molecular weight is 378 g/mol. The van der Waals surface area contributed by atoms with Crippen LogP contribution in [0.3, 0.4) is 0 Å². The quantitative estimate of drug-likeness (QED) is 0.675. The van der Waals surface area contributed by atoms with Crippen molar-refractivity contribution in [1.29, 1.82) is 0 Å². The number of benzene rings is 2. The number of hydrogen-bond acceptors (Lipinski definition) is 3. The Kier molecular flexibility index (Phi) is 5.73. The van der Waals surface area contributed by atoms with Crippen molar-refractivity contribution in [3.05, 3.63) is 76.6 Å². The van der Waals surface area contributed by atoms with Crippen molar-refractivity contribution >= 4 is 11.6 Å². The Balaban J connectivity index is 1.88. The zero-order valence-electron chi connectivity index (χ0n) is 17.0. The third-order valence-corrected chi connectivity index (χ3v) is 4.81. The topological polar surface area (TPSA) is 52.5 Å². The highest BCUT2D eigenvalue weighted by Gasteiger charge is 2.18. The minimum Gasteiger partial charge on any atom is -0.493 e. The largest absolute Gasteiger partial charge is 0.493 e. The van der Waals surface area contributed by atoms with Gasteiger partial charge in [-0.3, -0.25) is 4.79 Å². The van der Waals surface area contributed by atoms with Gasteiger partial charge in [-0.1, -0.05) is 29.8 Å². The van der Waals surface area contributed by atoms with Crippen molar-refractivity contribution in [2.75, 3.05) is 19.5 Å². The van der Waals surface area contributed by atoms with Crippen LogP contribution in [0.4, 0.5) is 5.69 Å². The van der Waals surface area contributed by atoms with E-state index in [1.54, 1.807) is 32.4 Å². The molecule has 1 amide bonds. The Morgan fingerprint density at radius 1 is 0.929 bits per heavy atom. The highest BCUT2D eigenvalue weighted by atomic mass is 16.5. The molecule has 28 heavy (non-hydrogen) atoms. The molecule has 3 aromatic rings. The lowest BCUT2D eigenvalue weighted by atomic mass is 10.1. The first kappa shape index (κ1) is 19.5. The van der Waals surface area contributed by atoms with Crippen molar-refractivity contribution in [3.63, 3.8) is 0 Å². The molecule has 0 unspecified atom stereocenters. The molecular formula is C23H26N2O3. The summed E-state index contributed by atoms with van der Waals surface area (Å²) in [6.45, 7) is 6.70. The molecule has 1 N–H and O–H groups in total. The van der Waals surface area contributed by atoms with Crippen molar-refractivity contribution in [2.45, 2.75) is 27.3 Å². The molecule has 0 bridgehead atoms. The SMILES string of the molecule is COc1ccc(NC(=O)c2c(C)cc(C)n2Cc2ccc(C)cc2)cc1OC. The van der Waals surface area contributed by atoms with Gasteiger partial charge in [0.05, 0.1) is 14.2 Å². The number of nitrogens with one attached hydrogen (secondary N) is 1. The van der Waals surface area contributed by atoms with Crippen LogP contribution in [0, 0.1) is 20.8 Å². The number of carbonyl (C=O) groups excluding carboxylic acids is 1. The van der Waals surface area contributed by atoms with Crippen molar-refractivity contribution < 1.29 is 14.3 Å². The fourth-order valence-electron chi connectivity index (χ4n) is 3.33. The van der Waals surface area contributed by atoms with Gasteiger partial charge in [-0.25, -0.2) is 0 Å². The lowest BCUT2D eigenvalue weighted by molar-refractivity contribution is 0.101. The van der Waals surface area contributed by atoms with Crippen LogP contribution in [-0.2, 0) is 6.54 Å². The molecule has 0 fully saturated rings. The summed E-state index contributed by atoms with van der Waals surface area (Å²) >= 11 is 0. The number of aryl methyl sites for hydroxylation is 3. The van der Waals surface area contributed by atoms with Crippen LogP contribution < -0.4 is 14.8 Å². The summed E-state index contributed by atoms with van der Waals surface area (Å²) in [5, 5.41) is 2.98. The van der Waals surface area contributed by atoms with E-state index in [1.165, 1.54) is 5.56 Å². The lowest BCUT2D eigenvalue weighted by Crippen LogP contribution is -2.19. The number of anilines is 1. The highest BCUT2D eigenvalue weighted by Crippen LogP contribution is 2.30. The van der Waals surface area contributed by atoms with E-state index in [9.17, 15) is 4.79 Å². The van der Waals surface area contributed by atoms with Crippen LogP contribution in [0.15, 0.2) is 48.5 Å². The summed E-state index contributed by atoms with van der Waals surface area (Å²) in [5.41, 5.74) is 5.69. The first-order valence-corrected chi connectivity index (χ1v) is 9.18. The van der Waals surface area contributed by atoms with Crippen LogP contribution >= 0.6 is 0 Å². The molecule has 0 aliphatic heterocycles. The van der Waals surface area contributed by atoms with E-state index in [4.69, 9.17) is 9.47 Å². The lowest BCUT2D eigenvalue weighted by Gasteiger charge is -2.14. The molecule has 0 atom stereocenters. The van der Waals surface area contributed by atoms with Gasteiger partial charge in [0.1, 0.15) is 5.69 Å². The van der Waals surface area contributed by atoms with Crippen LogP contribution in [0.25, 0.3) is 0 Å². The third kappa shape index (κ3) is 4.03. The number of rotatable bonds is 6. The normalized spacial score (nSPS) is 10.6. The number of methoxy groups -OCH3 is 2. The van der Waals surface area contributed by atoms with Crippen molar-refractivity contribution in [2.24, 2.45) is 0 Å². The predicted octanol–water partition coefficient (Wildman–Crippen LogP) is 4.73. The van der Waals surface area contributed by atoms with Gasteiger partial charge in [0.15, 0.2) is 11.5 Å². The van der Waals surface area contributed by atoms with E-state index in [2.05, 4.69) is 41.1 Å². The van der Waals surface area contributed by atoms with E-state index < -0.39 is 0 Å². The number of ether oxygens (including phenoxy) is 2. The van der Waals surface area contributed by atoms with Gasteiger partial charge in [-0.05, 0) is 50.1 Å². The zero-order chi connectivity index (χ0) is 20.3. The molecule has 1 aromatic heterocycles. The summed E-state index contributed by atoms with van der Waals surface area (Å²) in [6.07, 6.45) is 0. The molecule has 2 aromatic carbocycles. The molecule has 1 heterocycles. The predicted molar refractivity (Wildman–Crippen MR) is 112 cm³/mol. The van der Waals surface area contributed by atoms with Gasteiger partial charge in [-0.2, -0.15) is 0 Å². The second kappa shape index (κ2) is 8.21. The van der Waals surface area contributed by atoms with Gasteiger partial charge in [-0.15, -0.1) is 0 Å². The van der Waals surface area contributed by atoms with Gasteiger partial charge in [0.25, 0.3) is 5.91 Å². The molecule has 3 rings (SSSR count). The van der Waals surface area contributed by atoms with Crippen molar-refractivity contribution in [1.82, 2.24) is 4.57 Å². The van der Waals surface area contributed by atoms with Crippen LogP contribution in [0.1, 0.15) is 32.9 Å². The first-order valence-electron chi connectivity index (χ1n) is 9.18. The van der Waals surface area contributed by atoms with E-state index in [-0.39, 0.29) is 5.91 Å². The molecular weight excluding hydrogens is 352 g/mol. The second-order valence-electron chi connectivity index (χ2n) is 6.91. The molecule has 0 radical (unpaired) electrons. The van der Waals surface area contributed by atoms with Gasteiger partial charge in [0, 0.05) is 24.0 Å². The first-order chi connectivity index (χ1) is 13.4. The Morgan fingerprint density at radius 2 is 1.61 bits per heavy atom. The van der Waals surface area contributed by atoms with Crippen LogP contribution in [0.2, 0.25) is 0 Å². The standard InChI is InChI=1S/C23H26N2O3/c1-15-6-8-18(9-7-15)14-25-17(3)12-16(2)22(25)23(26)24-19-10-11-20(27-4)21(13-19)28-5/h6-13H,14H2,1-5H3,(H,24,26). The minimum absolute atomic E-state index is 0.148. The van der Waals surface area contributed by atoms with Gasteiger partial charge < -0.3 is 19.4 Å². The number of hydrogen-bond donors (Lipinski definition) is 1. The minimum atomic E-state index is -0.148. The van der Waals surface area contributed by atoms with E-state index in [0.717, 1.165) is 16.8 Å². The molecule has 0 aliphatic carbocycles. The van der Waals surface area contributed by atoms with Crippen LogP contribution in [0.5, 0.6) is 11.5 Å². The maximum atomic E-state index is 13.1. The van der Waals surface area contributed by atoms with Gasteiger partial charge in [0.2, 0.25) is 0 Å². The monoisotopic (exact) mass is 378 g/mol. The summed E-state index contributed by atoms with van der Waals surface area (Å²) in [4.78, 5) is 13.1. The van der Waals surface area contributed by atoms with E-state index in [0.29, 0.717) is 29.4 Å². The molecule has 0 spiro atoms. The molecule has 146 valence electrons. The Hall–Kier alpha value is -3.21. The second-order valence-corrected chi connectivity index (χ2v) is 6.91. The third-order valence-electron chi connectivity index (χ3n) is 4.81. The molecule has 0 aliphatic rings. The Labute approximate surface area is 165 Å². The number of aromatic nitrogens is 1. The fourth-order valence-corrected chi connectivity index (χ4v) is 3.33.